The van der Waals surface area contributed by atoms with Gasteiger partial charge in [-0.1, -0.05) is 0 Å². The molecule has 0 spiro atoms. The molecule has 12 heavy (non-hydrogen) atoms. The lowest BCUT2D eigenvalue weighted by molar-refractivity contribution is -0.142. The van der Waals surface area contributed by atoms with Crippen LogP contribution in [0.25, 0.3) is 0 Å². The molecule has 0 aromatic carbocycles. The lowest BCUT2D eigenvalue weighted by Crippen LogP contribution is -2.36. The van der Waals surface area contributed by atoms with E-state index >= 15 is 0 Å². The number of hydrogen-bond donors (Lipinski definition) is 2. The molecule has 1 rings (SSSR count). The minimum atomic E-state index is -0.679. The SMILES string of the molecule is CC1C(C(=O)O)CCN1CCN. The summed E-state index contributed by atoms with van der Waals surface area (Å²) in [6, 6.07) is 0.144. The number of likely N-dealkylation sites (tertiary alicyclic amines) is 1. The molecule has 1 aliphatic rings. The van der Waals surface area contributed by atoms with Crippen LogP contribution in [0.5, 0.6) is 0 Å². The average molecular weight is 172 g/mol. The fraction of sp³-hybridized carbons (Fsp3) is 0.875. The second-order valence-electron chi connectivity index (χ2n) is 3.30. The van der Waals surface area contributed by atoms with Crippen molar-refractivity contribution in [2.75, 3.05) is 19.6 Å². The Morgan fingerprint density at radius 2 is 2.42 bits per heavy atom. The van der Waals surface area contributed by atoms with E-state index in [0.29, 0.717) is 6.54 Å². The maximum atomic E-state index is 10.7. The second-order valence-corrected chi connectivity index (χ2v) is 3.30. The van der Waals surface area contributed by atoms with Crippen molar-refractivity contribution in [1.82, 2.24) is 4.90 Å². The topological polar surface area (TPSA) is 66.6 Å². The Hall–Kier alpha value is -0.610. The van der Waals surface area contributed by atoms with Crippen molar-refractivity contribution in [3.05, 3.63) is 0 Å². The highest BCUT2D eigenvalue weighted by molar-refractivity contribution is 5.71. The third kappa shape index (κ3) is 1.76. The normalized spacial score (nSPS) is 30.8. The second kappa shape index (κ2) is 3.87. The molecular formula is C8H16N2O2. The largest absolute Gasteiger partial charge is 0.481 e. The zero-order chi connectivity index (χ0) is 9.14. The summed E-state index contributed by atoms with van der Waals surface area (Å²) in [7, 11) is 0. The minimum Gasteiger partial charge on any atom is -0.481 e. The van der Waals surface area contributed by atoms with Gasteiger partial charge in [-0.05, 0) is 19.9 Å². The summed E-state index contributed by atoms with van der Waals surface area (Å²) in [6.07, 6.45) is 0.760. The van der Waals surface area contributed by atoms with Gasteiger partial charge >= 0.3 is 5.97 Å². The van der Waals surface area contributed by atoms with E-state index in [1.807, 2.05) is 6.92 Å². The maximum Gasteiger partial charge on any atom is 0.308 e. The Bertz CT molecular complexity index is 172. The van der Waals surface area contributed by atoms with Crippen LogP contribution in [0.15, 0.2) is 0 Å². The van der Waals surface area contributed by atoms with Gasteiger partial charge in [0.2, 0.25) is 0 Å². The average Bonchev–Trinajstić information content (AvgIpc) is 2.34. The summed E-state index contributed by atoms with van der Waals surface area (Å²) >= 11 is 0. The van der Waals surface area contributed by atoms with Gasteiger partial charge in [0, 0.05) is 19.1 Å². The molecule has 0 bridgehead atoms. The van der Waals surface area contributed by atoms with Gasteiger partial charge in [-0.3, -0.25) is 9.69 Å². The van der Waals surface area contributed by atoms with Gasteiger partial charge in [0.05, 0.1) is 5.92 Å². The minimum absolute atomic E-state index is 0.144. The zero-order valence-electron chi connectivity index (χ0n) is 7.36. The van der Waals surface area contributed by atoms with Crippen LogP contribution in [0.3, 0.4) is 0 Å². The molecule has 2 atom stereocenters. The van der Waals surface area contributed by atoms with Crippen LogP contribution in [0.1, 0.15) is 13.3 Å². The molecule has 1 fully saturated rings. The number of carboxylic acids is 1. The van der Waals surface area contributed by atoms with Crippen LogP contribution in [-0.2, 0) is 4.79 Å². The van der Waals surface area contributed by atoms with E-state index in [-0.39, 0.29) is 12.0 Å². The molecule has 1 saturated heterocycles. The summed E-state index contributed by atoms with van der Waals surface area (Å²) in [5.74, 6) is -0.876. The Labute approximate surface area is 72.3 Å². The van der Waals surface area contributed by atoms with Gasteiger partial charge in [-0.2, -0.15) is 0 Å². The van der Waals surface area contributed by atoms with E-state index in [9.17, 15) is 4.79 Å². The molecule has 2 unspecified atom stereocenters. The number of carboxylic acid groups (broad SMARTS) is 1. The molecule has 0 aromatic heterocycles. The van der Waals surface area contributed by atoms with Crippen molar-refractivity contribution in [1.29, 1.82) is 0 Å². The van der Waals surface area contributed by atoms with E-state index < -0.39 is 5.97 Å². The summed E-state index contributed by atoms with van der Waals surface area (Å²) in [6.45, 7) is 4.25. The van der Waals surface area contributed by atoms with Crippen LogP contribution in [-0.4, -0.2) is 41.7 Å². The van der Waals surface area contributed by atoms with Crippen molar-refractivity contribution in [2.24, 2.45) is 11.7 Å². The highest BCUT2D eigenvalue weighted by Crippen LogP contribution is 2.23. The maximum absolute atomic E-state index is 10.7. The molecular weight excluding hydrogens is 156 g/mol. The smallest absolute Gasteiger partial charge is 0.308 e. The highest BCUT2D eigenvalue weighted by Gasteiger charge is 2.34. The van der Waals surface area contributed by atoms with Gasteiger partial charge < -0.3 is 10.8 Å². The standard InChI is InChI=1S/C8H16N2O2/c1-6-7(8(11)12)2-4-10(6)5-3-9/h6-7H,2-5,9H2,1H3,(H,11,12). The van der Waals surface area contributed by atoms with Gasteiger partial charge in [0.25, 0.3) is 0 Å². The van der Waals surface area contributed by atoms with Gasteiger partial charge in [-0.25, -0.2) is 0 Å². The predicted molar refractivity (Wildman–Crippen MR) is 45.8 cm³/mol. The van der Waals surface area contributed by atoms with Crippen LogP contribution >= 0.6 is 0 Å². The Kier molecular flexibility index (Phi) is 3.05. The van der Waals surface area contributed by atoms with Crippen molar-refractivity contribution in [3.63, 3.8) is 0 Å². The molecule has 1 aliphatic heterocycles. The lowest BCUT2D eigenvalue weighted by atomic mass is 10.0. The van der Waals surface area contributed by atoms with E-state index in [4.69, 9.17) is 10.8 Å². The Morgan fingerprint density at radius 1 is 1.75 bits per heavy atom. The van der Waals surface area contributed by atoms with E-state index in [1.54, 1.807) is 0 Å². The number of rotatable bonds is 3. The van der Waals surface area contributed by atoms with Crippen LogP contribution in [0, 0.1) is 5.92 Å². The molecule has 1 heterocycles. The third-order valence-electron chi connectivity index (χ3n) is 2.62. The lowest BCUT2D eigenvalue weighted by Gasteiger charge is -2.21. The van der Waals surface area contributed by atoms with Gasteiger partial charge in [0.1, 0.15) is 0 Å². The molecule has 3 N–H and O–H groups in total. The van der Waals surface area contributed by atoms with Crippen molar-refractivity contribution >= 4 is 5.97 Å². The number of aliphatic carboxylic acids is 1. The molecule has 0 radical (unpaired) electrons. The first-order chi connectivity index (χ1) is 5.66. The van der Waals surface area contributed by atoms with Crippen molar-refractivity contribution in [3.8, 4) is 0 Å². The molecule has 0 aromatic rings. The summed E-state index contributed by atoms with van der Waals surface area (Å²) in [5.41, 5.74) is 5.40. The monoisotopic (exact) mass is 172 g/mol. The first-order valence-corrected chi connectivity index (χ1v) is 4.33. The van der Waals surface area contributed by atoms with E-state index in [1.165, 1.54) is 0 Å². The molecule has 4 nitrogen and oxygen atoms in total. The van der Waals surface area contributed by atoms with E-state index in [2.05, 4.69) is 4.90 Å². The number of nitrogens with zero attached hydrogens (tertiary/aromatic N) is 1. The van der Waals surface area contributed by atoms with E-state index in [0.717, 1.165) is 19.5 Å². The molecule has 70 valence electrons. The van der Waals surface area contributed by atoms with Crippen LogP contribution in [0.2, 0.25) is 0 Å². The first kappa shape index (κ1) is 9.48. The van der Waals surface area contributed by atoms with Crippen molar-refractivity contribution in [2.45, 2.75) is 19.4 Å². The van der Waals surface area contributed by atoms with Crippen LogP contribution in [0.4, 0.5) is 0 Å². The zero-order valence-corrected chi connectivity index (χ0v) is 7.36. The van der Waals surface area contributed by atoms with Crippen molar-refractivity contribution < 1.29 is 9.90 Å². The first-order valence-electron chi connectivity index (χ1n) is 4.33. The number of hydrogen-bond acceptors (Lipinski definition) is 3. The fourth-order valence-corrected chi connectivity index (χ4v) is 1.82. The molecule has 0 amide bonds. The quantitative estimate of drug-likeness (QED) is 0.615. The van der Waals surface area contributed by atoms with Gasteiger partial charge in [0.15, 0.2) is 0 Å². The third-order valence-corrected chi connectivity index (χ3v) is 2.62. The summed E-state index contributed by atoms with van der Waals surface area (Å²) in [5, 5.41) is 8.81. The Morgan fingerprint density at radius 3 is 2.83 bits per heavy atom. The molecule has 0 saturated carbocycles. The summed E-state index contributed by atoms with van der Waals surface area (Å²) < 4.78 is 0. The van der Waals surface area contributed by atoms with Gasteiger partial charge in [-0.15, -0.1) is 0 Å². The molecule has 0 aliphatic carbocycles. The highest BCUT2D eigenvalue weighted by atomic mass is 16.4. The predicted octanol–water partition coefficient (Wildman–Crippen LogP) is -0.260. The Balaban J connectivity index is 2.48. The molecule has 4 heteroatoms. The number of carbonyl (C=O) groups is 1. The summed E-state index contributed by atoms with van der Waals surface area (Å²) in [4.78, 5) is 12.8. The number of nitrogens with two attached hydrogens (primary N) is 1. The van der Waals surface area contributed by atoms with Crippen LogP contribution < -0.4 is 5.73 Å². The fourth-order valence-electron chi connectivity index (χ4n) is 1.82.